The molecule has 15 rings (SSSR count). The Morgan fingerprint density at radius 2 is 0.912 bits per heavy atom. The van der Waals surface area contributed by atoms with Crippen LogP contribution in [-0.2, 0) is 16.2 Å². The van der Waals surface area contributed by atoms with E-state index in [1.54, 1.807) is 22.3 Å². The lowest BCUT2D eigenvalue weighted by Crippen LogP contribution is -2.55. The summed E-state index contributed by atoms with van der Waals surface area (Å²) >= 11 is 0. The summed E-state index contributed by atoms with van der Waals surface area (Å²) in [5.41, 5.74) is 22.2. The third-order valence-electron chi connectivity index (χ3n) is 17.9. The molecule has 0 radical (unpaired) electrons. The minimum absolute atomic E-state index is 0.0668. The monoisotopic (exact) mass is 737 g/mol. The van der Waals surface area contributed by atoms with Crippen LogP contribution in [0.25, 0.3) is 33.4 Å². The number of fused-ring (bicyclic) bond motifs is 14. The molecule has 0 N–H and O–H groups in total. The fourth-order valence-corrected chi connectivity index (χ4v) is 16.1. The Hall–Kier alpha value is -4.88. The van der Waals surface area contributed by atoms with Gasteiger partial charge in [0, 0.05) is 33.3 Å². The van der Waals surface area contributed by atoms with E-state index in [4.69, 9.17) is 0 Å². The van der Waals surface area contributed by atoms with Crippen LogP contribution >= 0.6 is 0 Å². The Labute approximate surface area is 338 Å². The first-order valence-electron chi connectivity index (χ1n) is 22.5. The van der Waals surface area contributed by atoms with Crippen molar-refractivity contribution in [2.75, 3.05) is 4.90 Å². The molecule has 6 fully saturated rings. The Balaban J connectivity index is 0.992. The van der Waals surface area contributed by atoms with E-state index in [1.807, 2.05) is 0 Å². The fraction of sp³-hybridized carbons (Fsp3) is 0.357. The fourth-order valence-electron chi connectivity index (χ4n) is 16.1. The summed E-state index contributed by atoms with van der Waals surface area (Å²) in [7, 11) is 0. The smallest absolute Gasteiger partial charge is 0.0468 e. The van der Waals surface area contributed by atoms with Crippen LogP contribution < -0.4 is 4.90 Å². The van der Waals surface area contributed by atoms with E-state index in [9.17, 15) is 0 Å². The summed E-state index contributed by atoms with van der Waals surface area (Å²) in [5, 5.41) is 0. The van der Waals surface area contributed by atoms with Gasteiger partial charge in [0.15, 0.2) is 0 Å². The van der Waals surface area contributed by atoms with Crippen molar-refractivity contribution in [3.8, 4) is 33.4 Å². The molecule has 9 aliphatic carbocycles. The lowest BCUT2D eigenvalue weighted by atomic mass is 9.43. The summed E-state index contributed by atoms with van der Waals surface area (Å²) in [6.45, 7) is 4.85. The number of anilines is 3. The molecule has 1 heteroatoms. The van der Waals surface area contributed by atoms with Gasteiger partial charge in [0.25, 0.3) is 0 Å². The Morgan fingerprint density at radius 1 is 0.404 bits per heavy atom. The second kappa shape index (κ2) is 10.8. The second-order valence-electron chi connectivity index (χ2n) is 20.5. The lowest BCUT2D eigenvalue weighted by Gasteiger charge is -2.61. The van der Waals surface area contributed by atoms with Crippen molar-refractivity contribution in [3.05, 3.63) is 161 Å². The van der Waals surface area contributed by atoms with Gasteiger partial charge in [0.1, 0.15) is 0 Å². The van der Waals surface area contributed by atoms with E-state index >= 15 is 0 Å². The standard InChI is InChI=1S/C56H51N/c1-54(2)48-12-6-3-9-42(48)45-20-17-40(30-52(45)54)57(39-19-22-50-47(29-39)44-11-4-7-13-49(44)55(50)32-33-15-16-36(55)24-33)41-18-21-46-43-10-5-8-14-51(43)56(53(46)31-41)37-25-34-23-35(27-37)28-38(56)26-34/h3-14,17-22,29-31,33-38H,15-16,23-28,32H2,1-2H3/t33?,34-,35?,36-,37-,38+,55-,56?/m0/s1. The topological polar surface area (TPSA) is 3.24 Å². The zero-order valence-electron chi connectivity index (χ0n) is 33.4. The molecule has 6 aromatic rings. The molecule has 2 spiro atoms. The zero-order valence-corrected chi connectivity index (χ0v) is 33.4. The normalized spacial score (nSPS) is 31.7. The molecule has 0 aliphatic heterocycles. The largest absolute Gasteiger partial charge is 0.310 e. The van der Waals surface area contributed by atoms with E-state index in [2.05, 4.69) is 146 Å². The highest BCUT2D eigenvalue weighted by molar-refractivity contribution is 5.91. The van der Waals surface area contributed by atoms with Gasteiger partial charge in [-0.25, -0.2) is 0 Å². The summed E-state index contributed by atoms with van der Waals surface area (Å²) in [5.74, 6) is 4.99. The molecule has 9 aliphatic rings. The van der Waals surface area contributed by atoms with Gasteiger partial charge in [-0.2, -0.15) is 0 Å². The van der Waals surface area contributed by atoms with Crippen molar-refractivity contribution in [1.82, 2.24) is 0 Å². The molecular weight excluding hydrogens is 687 g/mol. The van der Waals surface area contributed by atoms with Gasteiger partial charge in [0.2, 0.25) is 0 Å². The van der Waals surface area contributed by atoms with Gasteiger partial charge < -0.3 is 4.90 Å². The molecule has 3 atom stereocenters. The highest BCUT2D eigenvalue weighted by atomic mass is 15.1. The maximum absolute atomic E-state index is 2.70. The average molecular weight is 738 g/mol. The van der Waals surface area contributed by atoms with E-state index < -0.39 is 0 Å². The molecule has 0 heterocycles. The van der Waals surface area contributed by atoms with E-state index in [-0.39, 0.29) is 16.2 Å². The zero-order chi connectivity index (χ0) is 37.4. The van der Waals surface area contributed by atoms with Crippen molar-refractivity contribution >= 4 is 17.1 Å². The highest BCUT2D eigenvalue weighted by Crippen LogP contribution is 2.70. The van der Waals surface area contributed by atoms with Crippen LogP contribution in [0.3, 0.4) is 0 Å². The quantitative estimate of drug-likeness (QED) is 0.175. The molecule has 6 aromatic carbocycles. The summed E-state index contributed by atoms with van der Waals surface area (Å²) in [6, 6.07) is 51.0. The first-order valence-corrected chi connectivity index (χ1v) is 22.5. The van der Waals surface area contributed by atoms with Gasteiger partial charge in [-0.15, -0.1) is 0 Å². The number of nitrogens with zero attached hydrogens (tertiary/aromatic N) is 1. The predicted octanol–water partition coefficient (Wildman–Crippen LogP) is 14.3. The second-order valence-corrected chi connectivity index (χ2v) is 20.5. The van der Waals surface area contributed by atoms with Crippen LogP contribution in [0.2, 0.25) is 0 Å². The van der Waals surface area contributed by atoms with Gasteiger partial charge in [-0.05, 0) is 190 Å². The number of hydrogen-bond acceptors (Lipinski definition) is 1. The average Bonchev–Trinajstić information content (AvgIpc) is 4.03. The van der Waals surface area contributed by atoms with Crippen molar-refractivity contribution in [1.29, 1.82) is 0 Å². The molecular formula is C56H51N. The Bertz CT molecular complexity index is 2700. The first kappa shape index (κ1) is 32.1. The summed E-state index contributed by atoms with van der Waals surface area (Å²) < 4.78 is 0. The van der Waals surface area contributed by atoms with Gasteiger partial charge in [0.05, 0.1) is 0 Å². The van der Waals surface area contributed by atoms with Gasteiger partial charge in [-0.3, -0.25) is 0 Å². The van der Waals surface area contributed by atoms with Crippen molar-refractivity contribution in [2.45, 2.75) is 87.9 Å². The minimum atomic E-state index is -0.0668. The number of hydrogen-bond donors (Lipinski definition) is 0. The third kappa shape index (κ3) is 3.84. The Kier molecular flexibility index (Phi) is 6.08. The minimum Gasteiger partial charge on any atom is -0.310 e. The van der Waals surface area contributed by atoms with Crippen LogP contribution in [-0.4, -0.2) is 0 Å². The van der Waals surface area contributed by atoms with Crippen molar-refractivity contribution in [2.24, 2.45) is 35.5 Å². The lowest BCUT2D eigenvalue weighted by molar-refractivity contribution is -0.0399. The Morgan fingerprint density at radius 3 is 1.58 bits per heavy atom. The third-order valence-corrected chi connectivity index (χ3v) is 17.9. The summed E-state index contributed by atoms with van der Waals surface area (Å²) in [4.78, 5) is 2.65. The maximum atomic E-state index is 2.70. The molecule has 0 saturated heterocycles. The van der Waals surface area contributed by atoms with E-state index in [0.717, 1.165) is 35.5 Å². The van der Waals surface area contributed by atoms with Gasteiger partial charge in [-0.1, -0.05) is 111 Å². The summed E-state index contributed by atoms with van der Waals surface area (Å²) in [6.07, 6.45) is 12.6. The van der Waals surface area contributed by atoms with E-state index in [1.165, 1.54) is 119 Å². The maximum Gasteiger partial charge on any atom is 0.0468 e. The number of benzene rings is 6. The molecule has 0 aromatic heterocycles. The van der Waals surface area contributed by atoms with Crippen LogP contribution in [0, 0.1) is 35.5 Å². The molecule has 0 amide bonds. The molecule has 6 saturated carbocycles. The number of rotatable bonds is 3. The SMILES string of the molecule is CC1(C)c2ccccc2-c2ccc(N(c3ccc4c(c3)-c3ccccc3[C@@]43CC4CC[C@H]3C4)c3ccc4c(c3)C3(c5ccccc5-4)[C@H]4CC5C[C@H](C4)C[C@H]3C5)cc21. The molecule has 6 bridgehead atoms. The first-order chi connectivity index (χ1) is 27.9. The molecule has 1 unspecified atom stereocenters. The van der Waals surface area contributed by atoms with Crippen LogP contribution in [0.15, 0.2) is 127 Å². The van der Waals surface area contributed by atoms with Gasteiger partial charge >= 0.3 is 0 Å². The van der Waals surface area contributed by atoms with Crippen molar-refractivity contribution < 1.29 is 0 Å². The predicted molar refractivity (Wildman–Crippen MR) is 234 cm³/mol. The van der Waals surface area contributed by atoms with Crippen molar-refractivity contribution in [3.63, 3.8) is 0 Å². The highest BCUT2D eigenvalue weighted by Gasteiger charge is 2.62. The van der Waals surface area contributed by atoms with Crippen LogP contribution in [0.4, 0.5) is 17.1 Å². The molecule has 280 valence electrons. The van der Waals surface area contributed by atoms with Crippen LogP contribution in [0.5, 0.6) is 0 Å². The molecule has 57 heavy (non-hydrogen) atoms. The molecule has 1 nitrogen and oxygen atoms in total. The van der Waals surface area contributed by atoms with Crippen LogP contribution in [0.1, 0.15) is 105 Å². The van der Waals surface area contributed by atoms with E-state index in [0.29, 0.717) is 0 Å².